The predicted molar refractivity (Wildman–Crippen MR) is 73.2 cm³/mol. The minimum absolute atomic E-state index is 0.0219. The van der Waals surface area contributed by atoms with E-state index in [1.807, 2.05) is 25.1 Å². The number of aryl methyl sites for hydroxylation is 1. The van der Waals surface area contributed by atoms with Crippen LogP contribution in [0.4, 0.5) is 0 Å². The lowest BCUT2D eigenvalue weighted by Gasteiger charge is -2.38. The topological polar surface area (TPSA) is 29.1 Å². The SMILES string of the molecule is Cc1cccc(C(=O)NCC2(C)CCC2)c1Br. The molecule has 2 rings (SSSR count). The van der Waals surface area contributed by atoms with Gasteiger partial charge in [-0.05, 0) is 52.7 Å². The maximum absolute atomic E-state index is 12.1. The van der Waals surface area contributed by atoms with Gasteiger partial charge in [0.05, 0.1) is 5.56 Å². The van der Waals surface area contributed by atoms with Crippen molar-refractivity contribution >= 4 is 21.8 Å². The molecule has 1 amide bonds. The summed E-state index contributed by atoms with van der Waals surface area (Å²) < 4.78 is 0.899. The summed E-state index contributed by atoms with van der Waals surface area (Å²) in [5.41, 5.74) is 2.15. The van der Waals surface area contributed by atoms with Crippen LogP contribution in [-0.2, 0) is 0 Å². The highest BCUT2D eigenvalue weighted by Crippen LogP contribution is 2.39. The largest absolute Gasteiger partial charge is 0.351 e. The number of hydrogen-bond donors (Lipinski definition) is 1. The first-order valence-electron chi connectivity index (χ1n) is 6.05. The molecule has 0 aromatic heterocycles. The maximum Gasteiger partial charge on any atom is 0.252 e. The van der Waals surface area contributed by atoms with Gasteiger partial charge in [0.2, 0.25) is 0 Å². The Morgan fingerprint density at radius 1 is 1.47 bits per heavy atom. The molecule has 1 fully saturated rings. The lowest BCUT2D eigenvalue weighted by molar-refractivity contribution is 0.0890. The van der Waals surface area contributed by atoms with E-state index in [-0.39, 0.29) is 5.91 Å². The fourth-order valence-corrected chi connectivity index (χ4v) is 2.61. The van der Waals surface area contributed by atoms with Crippen LogP contribution in [0.2, 0.25) is 0 Å². The first-order chi connectivity index (χ1) is 8.02. The second-order valence-corrected chi connectivity index (χ2v) is 6.08. The Morgan fingerprint density at radius 2 is 2.18 bits per heavy atom. The maximum atomic E-state index is 12.1. The summed E-state index contributed by atoms with van der Waals surface area (Å²) in [6, 6.07) is 5.77. The minimum atomic E-state index is 0.0219. The number of rotatable bonds is 3. The third-order valence-corrected chi connectivity index (χ3v) is 4.73. The van der Waals surface area contributed by atoms with E-state index in [2.05, 4.69) is 28.2 Å². The van der Waals surface area contributed by atoms with Crippen molar-refractivity contribution in [2.24, 2.45) is 5.41 Å². The van der Waals surface area contributed by atoms with Crippen LogP contribution in [0.5, 0.6) is 0 Å². The molecule has 0 unspecified atom stereocenters. The molecule has 0 spiro atoms. The smallest absolute Gasteiger partial charge is 0.252 e. The normalized spacial score (nSPS) is 17.4. The second-order valence-electron chi connectivity index (χ2n) is 5.28. The monoisotopic (exact) mass is 295 g/mol. The highest BCUT2D eigenvalue weighted by atomic mass is 79.9. The van der Waals surface area contributed by atoms with Gasteiger partial charge in [-0.2, -0.15) is 0 Å². The number of carbonyl (C=O) groups excluding carboxylic acids is 1. The molecule has 2 nitrogen and oxygen atoms in total. The number of amides is 1. The summed E-state index contributed by atoms with van der Waals surface area (Å²) in [5.74, 6) is 0.0219. The molecule has 17 heavy (non-hydrogen) atoms. The summed E-state index contributed by atoms with van der Waals surface area (Å²) in [7, 11) is 0. The lowest BCUT2D eigenvalue weighted by Crippen LogP contribution is -2.40. The first kappa shape index (κ1) is 12.6. The van der Waals surface area contributed by atoms with Crippen molar-refractivity contribution in [3.05, 3.63) is 33.8 Å². The molecular weight excluding hydrogens is 278 g/mol. The van der Waals surface area contributed by atoms with Crippen LogP contribution in [0.25, 0.3) is 0 Å². The Kier molecular flexibility index (Phi) is 3.57. The fraction of sp³-hybridized carbons (Fsp3) is 0.500. The van der Waals surface area contributed by atoms with Crippen molar-refractivity contribution in [3.63, 3.8) is 0 Å². The molecule has 3 heteroatoms. The van der Waals surface area contributed by atoms with Crippen LogP contribution in [0.3, 0.4) is 0 Å². The number of nitrogens with one attached hydrogen (secondary N) is 1. The molecule has 1 aromatic carbocycles. The standard InChI is InChI=1S/C14H18BrNO/c1-10-5-3-6-11(12(10)15)13(17)16-9-14(2)7-4-8-14/h3,5-6H,4,7-9H2,1-2H3,(H,16,17). The molecule has 1 aliphatic rings. The summed E-state index contributed by atoms with van der Waals surface area (Å²) in [5, 5.41) is 3.04. The quantitative estimate of drug-likeness (QED) is 0.906. The Bertz CT molecular complexity index is 438. The highest BCUT2D eigenvalue weighted by molar-refractivity contribution is 9.10. The van der Waals surface area contributed by atoms with Gasteiger partial charge in [-0.25, -0.2) is 0 Å². The molecule has 0 heterocycles. The summed E-state index contributed by atoms with van der Waals surface area (Å²) in [6.45, 7) is 5.02. The first-order valence-corrected chi connectivity index (χ1v) is 6.84. The van der Waals surface area contributed by atoms with E-state index in [4.69, 9.17) is 0 Å². The predicted octanol–water partition coefficient (Wildman–Crippen LogP) is 3.68. The Balaban J connectivity index is 2.02. The molecule has 1 saturated carbocycles. The molecule has 1 aromatic rings. The number of benzene rings is 1. The molecule has 0 radical (unpaired) electrons. The van der Waals surface area contributed by atoms with Gasteiger partial charge in [0.1, 0.15) is 0 Å². The number of hydrogen-bond acceptors (Lipinski definition) is 1. The summed E-state index contributed by atoms with van der Waals surface area (Å²) in [6.07, 6.45) is 3.74. The van der Waals surface area contributed by atoms with Crippen molar-refractivity contribution in [1.29, 1.82) is 0 Å². The van der Waals surface area contributed by atoms with Crippen molar-refractivity contribution in [3.8, 4) is 0 Å². The van der Waals surface area contributed by atoms with Gasteiger partial charge in [-0.15, -0.1) is 0 Å². The van der Waals surface area contributed by atoms with Crippen LogP contribution in [0.15, 0.2) is 22.7 Å². The van der Waals surface area contributed by atoms with Crippen LogP contribution in [-0.4, -0.2) is 12.5 Å². The van der Waals surface area contributed by atoms with Gasteiger partial charge >= 0.3 is 0 Å². The number of carbonyl (C=O) groups is 1. The fourth-order valence-electron chi connectivity index (χ4n) is 2.17. The van der Waals surface area contributed by atoms with Crippen LogP contribution >= 0.6 is 15.9 Å². The molecule has 0 saturated heterocycles. The number of halogens is 1. The van der Waals surface area contributed by atoms with E-state index in [0.29, 0.717) is 5.41 Å². The van der Waals surface area contributed by atoms with E-state index < -0.39 is 0 Å². The average Bonchev–Trinajstić information content (AvgIpc) is 2.27. The van der Waals surface area contributed by atoms with Gasteiger partial charge in [0.15, 0.2) is 0 Å². The molecule has 0 atom stereocenters. The van der Waals surface area contributed by atoms with E-state index in [1.54, 1.807) is 0 Å². The highest BCUT2D eigenvalue weighted by Gasteiger charge is 2.32. The van der Waals surface area contributed by atoms with Gasteiger partial charge in [-0.3, -0.25) is 4.79 Å². The van der Waals surface area contributed by atoms with Gasteiger partial charge in [-0.1, -0.05) is 25.5 Å². The zero-order chi connectivity index (χ0) is 12.5. The van der Waals surface area contributed by atoms with Gasteiger partial charge in [0, 0.05) is 11.0 Å². The van der Waals surface area contributed by atoms with Crippen LogP contribution in [0, 0.1) is 12.3 Å². The third-order valence-electron chi connectivity index (χ3n) is 3.67. The van der Waals surface area contributed by atoms with E-state index in [1.165, 1.54) is 19.3 Å². The molecule has 92 valence electrons. The Hall–Kier alpha value is -0.830. The van der Waals surface area contributed by atoms with E-state index in [9.17, 15) is 4.79 Å². The van der Waals surface area contributed by atoms with Gasteiger partial charge < -0.3 is 5.32 Å². The van der Waals surface area contributed by atoms with E-state index >= 15 is 0 Å². The zero-order valence-corrected chi connectivity index (χ0v) is 11.9. The van der Waals surface area contributed by atoms with Gasteiger partial charge in [0.25, 0.3) is 5.91 Å². The molecular formula is C14H18BrNO. The van der Waals surface area contributed by atoms with Crippen molar-refractivity contribution < 1.29 is 4.79 Å². The van der Waals surface area contributed by atoms with Crippen molar-refractivity contribution in [1.82, 2.24) is 5.32 Å². The van der Waals surface area contributed by atoms with Crippen LogP contribution in [0.1, 0.15) is 42.1 Å². The molecule has 1 aliphatic carbocycles. The summed E-state index contributed by atoms with van der Waals surface area (Å²) in [4.78, 5) is 12.1. The lowest BCUT2D eigenvalue weighted by atomic mass is 9.70. The average molecular weight is 296 g/mol. The Morgan fingerprint density at radius 3 is 2.76 bits per heavy atom. The van der Waals surface area contributed by atoms with E-state index in [0.717, 1.165) is 22.1 Å². The van der Waals surface area contributed by atoms with Crippen LogP contribution < -0.4 is 5.32 Å². The van der Waals surface area contributed by atoms with Crippen molar-refractivity contribution in [2.75, 3.05) is 6.54 Å². The Labute approximate surface area is 111 Å². The summed E-state index contributed by atoms with van der Waals surface area (Å²) >= 11 is 3.47. The second kappa shape index (κ2) is 4.81. The zero-order valence-electron chi connectivity index (χ0n) is 10.3. The molecule has 1 N–H and O–H groups in total. The molecule has 0 bridgehead atoms. The minimum Gasteiger partial charge on any atom is -0.351 e. The molecule has 0 aliphatic heterocycles. The van der Waals surface area contributed by atoms with Crippen molar-refractivity contribution in [2.45, 2.75) is 33.1 Å². The third kappa shape index (κ3) is 2.71.